The third-order valence-corrected chi connectivity index (χ3v) is 3.69. The van der Waals surface area contributed by atoms with Gasteiger partial charge in [-0.25, -0.2) is 4.39 Å². The second-order valence-electron chi connectivity index (χ2n) is 3.94. The number of thioether (sulfide) groups is 1. The van der Waals surface area contributed by atoms with Gasteiger partial charge in [0.15, 0.2) is 0 Å². The highest BCUT2D eigenvalue weighted by atomic mass is 32.2. The van der Waals surface area contributed by atoms with Crippen molar-refractivity contribution in [2.75, 3.05) is 6.61 Å². The van der Waals surface area contributed by atoms with Crippen LogP contribution in [0.3, 0.4) is 0 Å². The Labute approximate surface area is 115 Å². The topological polar surface area (TPSA) is 33.4 Å². The van der Waals surface area contributed by atoms with E-state index in [0.717, 1.165) is 16.2 Å². The summed E-state index contributed by atoms with van der Waals surface area (Å²) in [6.07, 6.45) is 1.64. The largest absolute Gasteiger partial charge is 0.468 e. The van der Waals surface area contributed by atoms with E-state index in [4.69, 9.17) is 9.52 Å². The maximum absolute atomic E-state index is 13.4. The molecule has 0 aliphatic carbocycles. The van der Waals surface area contributed by atoms with Gasteiger partial charge in [-0.15, -0.1) is 11.8 Å². The minimum absolute atomic E-state index is 0.227. The first-order valence-corrected chi connectivity index (χ1v) is 6.73. The zero-order valence-corrected chi connectivity index (χ0v) is 11.3. The highest BCUT2D eigenvalue weighted by Crippen LogP contribution is 2.27. The standard InChI is InChI=1S/C15H13FO2S/c1-11-15(4-6-18-11)19-10-13-7-12(3-2-5-17)8-14(16)9-13/h4,6-9,17H,5,10H2,1H3. The van der Waals surface area contributed by atoms with Gasteiger partial charge in [-0.3, -0.25) is 0 Å². The number of halogens is 1. The van der Waals surface area contributed by atoms with E-state index >= 15 is 0 Å². The van der Waals surface area contributed by atoms with Crippen molar-refractivity contribution in [3.05, 3.63) is 53.2 Å². The summed E-state index contributed by atoms with van der Waals surface area (Å²) in [5.41, 5.74) is 1.43. The molecule has 1 N–H and O–H groups in total. The molecule has 0 aliphatic rings. The predicted octanol–water partition coefficient (Wildman–Crippen LogP) is 3.36. The van der Waals surface area contributed by atoms with Crippen molar-refractivity contribution in [2.45, 2.75) is 17.6 Å². The van der Waals surface area contributed by atoms with Gasteiger partial charge in [-0.2, -0.15) is 0 Å². The fourth-order valence-electron chi connectivity index (χ4n) is 1.63. The lowest BCUT2D eigenvalue weighted by molar-refractivity contribution is 0.350. The van der Waals surface area contributed by atoms with Crippen LogP contribution in [0.4, 0.5) is 4.39 Å². The van der Waals surface area contributed by atoms with Crippen molar-refractivity contribution in [3.8, 4) is 11.8 Å². The first-order valence-electron chi connectivity index (χ1n) is 5.75. The van der Waals surface area contributed by atoms with Crippen LogP contribution in [0, 0.1) is 24.6 Å². The lowest BCUT2D eigenvalue weighted by Gasteiger charge is -2.02. The molecule has 0 radical (unpaired) electrons. The van der Waals surface area contributed by atoms with E-state index < -0.39 is 0 Å². The van der Waals surface area contributed by atoms with Gasteiger partial charge in [0.2, 0.25) is 0 Å². The van der Waals surface area contributed by atoms with Gasteiger partial charge in [0.1, 0.15) is 18.2 Å². The number of hydrogen-bond acceptors (Lipinski definition) is 3. The van der Waals surface area contributed by atoms with Gasteiger partial charge in [-0.05, 0) is 36.8 Å². The minimum atomic E-state index is -0.316. The molecule has 4 heteroatoms. The van der Waals surface area contributed by atoms with Crippen molar-refractivity contribution in [3.63, 3.8) is 0 Å². The van der Waals surface area contributed by atoms with Crippen LogP contribution in [0.1, 0.15) is 16.9 Å². The summed E-state index contributed by atoms with van der Waals surface area (Å²) in [7, 11) is 0. The van der Waals surface area contributed by atoms with E-state index in [1.807, 2.05) is 19.1 Å². The number of rotatable bonds is 3. The van der Waals surface area contributed by atoms with Crippen molar-refractivity contribution in [1.82, 2.24) is 0 Å². The molecular formula is C15H13FO2S. The highest BCUT2D eigenvalue weighted by Gasteiger charge is 2.04. The Balaban J connectivity index is 2.12. The van der Waals surface area contributed by atoms with Gasteiger partial charge in [0.05, 0.1) is 6.26 Å². The number of hydrogen-bond donors (Lipinski definition) is 1. The molecule has 0 unspecified atom stereocenters. The molecule has 0 spiro atoms. The first-order chi connectivity index (χ1) is 9.19. The molecule has 0 amide bonds. The van der Waals surface area contributed by atoms with Crippen molar-refractivity contribution >= 4 is 11.8 Å². The molecule has 0 fully saturated rings. The molecule has 1 aromatic heterocycles. The van der Waals surface area contributed by atoms with Crippen LogP contribution in [-0.4, -0.2) is 11.7 Å². The Hall–Kier alpha value is -1.70. The molecule has 98 valence electrons. The molecule has 0 aliphatic heterocycles. The SMILES string of the molecule is Cc1occc1SCc1cc(F)cc(C#CCO)c1. The number of aliphatic hydroxyl groups is 1. The Morgan fingerprint density at radius 1 is 1.37 bits per heavy atom. The molecule has 19 heavy (non-hydrogen) atoms. The quantitative estimate of drug-likeness (QED) is 0.689. The number of furan rings is 1. The van der Waals surface area contributed by atoms with Crippen LogP contribution in [0.15, 0.2) is 39.8 Å². The van der Waals surface area contributed by atoms with Crippen LogP contribution in [-0.2, 0) is 5.75 Å². The molecule has 1 aromatic carbocycles. The third kappa shape index (κ3) is 3.88. The summed E-state index contributed by atoms with van der Waals surface area (Å²) in [5, 5.41) is 8.64. The zero-order valence-electron chi connectivity index (χ0n) is 10.4. The zero-order chi connectivity index (χ0) is 13.7. The summed E-state index contributed by atoms with van der Waals surface area (Å²) >= 11 is 1.59. The van der Waals surface area contributed by atoms with Gasteiger partial charge < -0.3 is 9.52 Å². The van der Waals surface area contributed by atoms with Gasteiger partial charge in [-0.1, -0.05) is 11.8 Å². The number of aliphatic hydroxyl groups excluding tert-OH is 1. The molecule has 0 saturated heterocycles. The maximum Gasteiger partial charge on any atom is 0.124 e. The summed E-state index contributed by atoms with van der Waals surface area (Å²) in [6.45, 7) is 1.67. The highest BCUT2D eigenvalue weighted by molar-refractivity contribution is 7.98. The summed E-state index contributed by atoms with van der Waals surface area (Å²) in [4.78, 5) is 1.05. The van der Waals surface area contributed by atoms with Crippen molar-refractivity contribution < 1.29 is 13.9 Å². The Morgan fingerprint density at radius 3 is 2.89 bits per heavy atom. The molecule has 0 bridgehead atoms. The van der Waals surface area contributed by atoms with Gasteiger partial charge in [0, 0.05) is 16.2 Å². The van der Waals surface area contributed by atoms with Crippen LogP contribution >= 0.6 is 11.8 Å². The minimum Gasteiger partial charge on any atom is -0.468 e. The second-order valence-corrected chi connectivity index (χ2v) is 4.95. The van der Waals surface area contributed by atoms with Crippen LogP contribution in [0.5, 0.6) is 0 Å². The fourth-order valence-corrected chi connectivity index (χ4v) is 2.52. The molecule has 0 atom stereocenters. The molecule has 2 rings (SSSR count). The summed E-state index contributed by atoms with van der Waals surface area (Å²) < 4.78 is 18.7. The predicted molar refractivity (Wildman–Crippen MR) is 73.4 cm³/mol. The van der Waals surface area contributed by atoms with Crippen molar-refractivity contribution in [1.29, 1.82) is 0 Å². The first kappa shape index (κ1) is 13.7. The third-order valence-electron chi connectivity index (χ3n) is 2.47. The van der Waals surface area contributed by atoms with Gasteiger partial charge in [0.25, 0.3) is 0 Å². The average Bonchev–Trinajstić information content (AvgIpc) is 2.79. The van der Waals surface area contributed by atoms with Crippen LogP contribution in [0.2, 0.25) is 0 Å². The second kappa shape index (κ2) is 6.46. The van der Waals surface area contributed by atoms with Crippen molar-refractivity contribution in [2.24, 2.45) is 0 Å². The smallest absolute Gasteiger partial charge is 0.124 e. The molecule has 2 aromatic rings. The van der Waals surface area contributed by atoms with E-state index in [1.54, 1.807) is 18.0 Å². The summed E-state index contributed by atoms with van der Waals surface area (Å²) in [5.74, 6) is 6.42. The van der Waals surface area contributed by atoms with E-state index in [-0.39, 0.29) is 12.4 Å². The Bertz CT molecular complexity index is 623. The summed E-state index contributed by atoms with van der Waals surface area (Å²) in [6, 6.07) is 6.58. The number of aryl methyl sites for hydroxylation is 1. The monoisotopic (exact) mass is 276 g/mol. The molecular weight excluding hydrogens is 263 g/mol. The maximum atomic E-state index is 13.4. The van der Waals surface area contributed by atoms with Crippen LogP contribution in [0.25, 0.3) is 0 Å². The van der Waals surface area contributed by atoms with E-state index in [9.17, 15) is 4.39 Å². The average molecular weight is 276 g/mol. The van der Waals surface area contributed by atoms with E-state index in [2.05, 4.69) is 11.8 Å². The fraction of sp³-hybridized carbons (Fsp3) is 0.200. The lowest BCUT2D eigenvalue weighted by atomic mass is 10.1. The molecule has 2 nitrogen and oxygen atoms in total. The Kier molecular flexibility index (Phi) is 4.67. The normalized spacial score (nSPS) is 10.1. The van der Waals surface area contributed by atoms with Crippen LogP contribution < -0.4 is 0 Å². The molecule has 1 heterocycles. The number of benzene rings is 1. The van der Waals surface area contributed by atoms with E-state index in [0.29, 0.717) is 11.3 Å². The van der Waals surface area contributed by atoms with Gasteiger partial charge >= 0.3 is 0 Å². The van der Waals surface area contributed by atoms with E-state index in [1.165, 1.54) is 12.1 Å². The molecule has 0 saturated carbocycles. The Morgan fingerprint density at radius 2 is 2.21 bits per heavy atom. The lowest BCUT2D eigenvalue weighted by Crippen LogP contribution is -1.87.